The van der Waals surface area contributed by atoms with E-state index in [1.54, 1.807) is 13.0 Å². The van der Waals surface area contributed by atoms with Gasteiger partial charge in [0.05, 0.1) is 6.61 Å². The molecule has 0 atom stereocenters. The molecule has 2 heterocycles. The molecule has 0 saturated carbocycles. The van der Waals surface area contributed by atoms with Crippen LogP contribution in [0.25, 0.3) is 10.6 Å². The van der Waals surface area contributed by atoms with Crippen molar-refractivity contribution in [1.29, 1.82) is 0 Å². The number of hydrogen-bond donors (Lipinski definition) is 0. The van der Waals surface area contributed by atoms with Gasteiger partial charge in [-0.2, -0.15) is 4.57 Å². The van der Waals surface area contributed by atoms with Gasteiger partial charge >= 0.3 is 5.97 Å². The van der Waals surface area contributed by atoms with Crippen LogP contribution in [0.3, 0.4) is 0 Å². The smallest absolute Gasteiger partial charge is 0.348 e. The van der Waals surface area contributed by atoms with Crippen LogP contribution in [0.5, 0.6) is 0 Å². The average molecular weight is 294 g/mol. The number of aromatic nitrogens is 1. The fourth-order valence-corrected chi connectivity index (χ4v) is 3.13. The molecule has 0 N–H and O–H groups in total. The van der Waals surface area contributed by atoms with Crippen LogP contribution in [0, 0.1) is 19.7 Å². The molecule has 2 aromatic rings. The zero-order valence-corrected chi connectivity index (χ0v) is 12.8. The molecule has 2 aromatic heterocycles. The molecule has 106 valence electrons. The summed E-state index contributed by atoms with van der Waals surface area (Å²) in [6.45, 7) is 5.88. The van der Waals surface area contributed by atoms with Crippen molar-refractivity contribution in [2.24, 2.45) is 7.05 Å². The third kappa shape index (κ3) is 2.72. The van der Waals surface area contributed by atoms with Crippen molar-refractivity contribution in [3.05, 3.63) is 40.2 Å². The van der Waals surface area contributed by atoms with Crippen LogP contribution in [0.4, 0.5) is 4.39 Å². The second kappa shape index (κ2) is 5.71. The molecule has 0 saturated heterocycles. The Labute approximate surface area is 121 Å². The molecule has 3 nitrogen and oxygen atoms in total. The highest BCUT2D eigenvalue weighted by atomic mass is 32.1. The molecule has 2 rings (SSSR count). The van der Waals surface area contributed by atoms with Gasteiger partial charge in [0.2, 0.25) is 5.69 Å². The topological polar surface area (TPSA) is 30.2 Å². The van der Waals surface area contributed by atoms with Crippen LogP contribution in [0.15, 0.2) is 18.2 Å². The Morgan fingerprint density at radius 3 is 2.70 bits per heavy atom. The van der Waals surface area contributed by atoms with E-state index in [1.807, 2.05) is 25.5 Å². The minimum atomic E-state index is -0.331. The van der Waals surface area contributed by atoms with Crippen LogP contribution in [0.1, 0.15) is 27.9 Å². The summed E-state index contributed by atoms with van der Waals surface area (Å²) < 4.78 is 20.5. The van der Waals surface area contributed by atoms with Gasteiger partial charge in [0.1, 0.15) is 22.6 Å². The summed E-state index contributed by atoms with van der Waals surface area (Å²) in [5.41, 5.74) is 2.53. The number of esters is 1. The van der Waals surface area contributed by atoms with Crippen molar-refractivity contribution in [3.8, 4) is 10.6 Å². The molecule has 0 aliphatic heterocycles. The molecule has 5 heteroatoms. The van der Waals surface area contributed by atoms with E-state index in [2.05, 4.69) is 0 Å². The zero-order chi connectivity index (χ0) is 14.9. The Morgan fingerprint density at radius 1 is 1.35 bits per heavy atom. The normalized spacial score (nSPS) is 10.7. The molecule has 0 spiro atoms. The zero-order valence-electron chi connectivity index (χ0n) is 12.0. The van der Waals surface area contributed by atoms with E-state index >= 15 is 0 Å². The molecule has 0 unspecified atom stereocenters. The van der Waals surface area contributed by atoms with E-state index in [9.17, 15) is 9.18 Å². The number of aryl methyl sites for hydroxylation is 2. The van der Waals surface area contributed by atoms with Gasteiger partial charge in [-0.1, -0.05) is 0 Å². The van der Waals surface area contributed by atoms with E-state index in [4.69, 9.17) is 4.74 Å². The summed E-state index contributed by atoms with van der Waals surface area (Å²) in [7, 11) is 1.88. The fourth-order valence-electron chi connectivity index (χ4n) is 2.01. The quantitative estimate of drug-likeness (QED) is 0.643. The first kappa shape index (κ1) is 14.7. The standard InChI is InChI=1S/C15H17FNO2S/c1-5-19-15(18)13-6-9(2)14(20-13)12-8-11(16)7-10(3)17(12)4/h6-8H,5H2,1-4H3/q+1. The van der Waals surface area contributed by atoms with Crippen LogP contribution in [-0.4, -0.2) is 12.6 Å². The molecule has 20 heavy (non-hydrogen) atoms. The van der Waals surface area contributed by atoms with E-state index < -0.39 is 0 Å². The summed E-state index contributed by atoms with van der Waals surface area (Å²) in [6.07, 6.45) is 0. The van der Waals surface area contributed by atoms with Crippen molar-refractivity contribution in [3.63, 3.8) is 0 Å². The van der Waals surface area contributed by atoms with Crippen LogP contribution in [0.2, 0.25) is 0 Å². The maximum absolute atomic E-state index is 13.6. The summed E-state index contributed by atoms with van der Waals surface area (Å²) in [6, 6.07) is 4.76. The van der Waals surface area contributed by atoms with Crippen LogP contribution >= 0.6 is 11.3 Å². The van der Waals surface area contributed by atoms with Gasteiger partial charge in [0, 0.05) is 19.1 Å². The predicted octanol–water partition coefficient (Wildman–Crippen LogP) is 3.17. The van der Waals surface area contributed by atoms with Crippen molar-refractivity contribution in [2.75, 3.05) is 6.61 Å². The van der Waals surface area contributed by atoms with Gasteiger partial charge in [-0.3, -0.25) is 0 Å². The van der Waals surface area contributed by atoms with Gasteiger partial charge in [0.25, 0.3) is 0 Å². The molecule has 0 amide bonds. The lowest BCUT2D eigenvalue weighted by Gasteiger charge is -2.02. The van der Waals surface area contributed by atoms with Gasteiger partial charge < -0.3 is 4.74 Å². The number of nitrogens with zero attached hydrogens (tertiary/aromatic N) is 1. The molecular formula is C15H17FNO2S+. The lowest BCUT2D eigenvalue weighted by Crippen LogP contribution is -2.34. The summed E-state index contributed by atoms with van der Waals surface area (Å²) >= 11 is 1.33. The number of halogens is 1. The first-order chi connectivity index (χ1) is 9.43. The third-order valence-corrected chi connectivity index (χ3v) is 4.38. The molecule has 0 aromatic carbocycles. The fraction of sp³-hybridized carbons (Fsp3) is 0.333. The molecule has 0 fully saturated rings. The first-order valence-electron chi connectivity index (χ1n) is 6.38. The maximum atomic E-state index is 13.6. The van der Waals surface area contributed by atoms with E-state index in [0.29, 0.717) is 11.5 Å². The Bertz CT molecular complexity index is 664. The molecular weight excluding hydrogens is 277 g/mol. The van der Waals surface area contributed by atoms with Crippen LogP contribution in [-0.2, 0) is 11.8 Å². The minimum Gasteiger partial charge on any atom is -0.462 e. The molecule has 0 aliphatic rings. The second-order valence-corrected chi connectivity index (χ2v) is 5.65. The number of carbonyl (C=O) groups excluding carboxylic acids is 1. The van der Waals surface area contributed by atoms with Gasteiger partial charge in [0.15, 0.2) is 5.69 Å². The largest absolute Gasteiger partial charge is 0.462 e. The molecule has 0 radical (unpaired) electrons. The Morgan fingerprint density at radius 2 is 2.05 bits per heavy atom. The minimum absolute atomic E-state index is 0.277. The number of ether oxygens (including phenoxy) is 1. The van der Waals surface area contributed by atoms with Crippen LogP contribution < -0.4 is 4.57 Å². The third-order valence-electron chi connectivity index (χ3n) is 3.14. The van der Waals surface area contributed by atoms with Crippen molar-refractivity contribution < 1.29 is 18.5 Å². The number of carbonyl (C=O) groups is 1. The number of rotatable bonds is 3. The highest BCUT2D eigenvalue weighted by molar-refractivity contribution is 7.17. The van der Waals surface area contributed by atoms with Gasteiger partial charge in [-0.25, -0.2) is 9.18 Å². The lowest BCUT2D eigenvalue weighted by molar-refractivity contribution is -0.666. The summed E-state index contributed by atoms with van der Waals surface area (Å²) in [5.74, 6) is -0.608. The predicted molar refractivity (Wildman–Crippen MR) is 76.3 cm³/mol. The summed E-state index contributed by atoms with van der Waals surface area (Å²) in [5, 5.41) is 0. The SMILES string of the molecule is CCOC(=O)c1cc(C)c(-c2cc(F)cc(C)[n+]2C)s1. The summed E-state index contributed by atoms with van der Waals surface area (Å²) in [4.78, 5) is 13.2. The van der Waals surface area contributed by atoms with E-state index in [-0.39, 0.29) is 11.8 Å². The molecule has 0 bridgehead atoms. The number of hydrogen-bond acceptors (Lipinski definition) is 3. The lowest BCUT2D eigenvalue weighted by atomic mass is 10.2. The average Bonchev–Trinajstić information content (AvgIpc) is 2.76. The number of thiophene rings is 1. The maximum Gasteiger partial charge on any atom is 0.348 e. The molecule has 0 aliphatic carbocycles. The highest BCUT2D eigenvalue weighted by Crippen LogP contribution is 2.31. The number of pyridine rings is 1. The Kier molecular flexibility index (Phi) is 4.18. The van der Waals surface area contributed by atoms with E-state index in [1.165, 1.54) is 23.5 Å². The Hall–Kier alpha value is -1.75. The monoisotopic (exact) mass is 294 g/mol. The van der Waals surface area contributed by atoms with E-state index in [0.717, 1.165) is 21.8 Å². The highest BCUT2D eigenvalue weighted by Gasteiger charge is 2.21. The first-order valence-corrected chi connectivity index (χ1v) is 7.19. The second-order valence-electron chi connectivity index (χ2n) is 4.60. The Balaban J connectivity index is 2.51. The van der Waals surface area contributed by atoms with Gasteiger partial charge in [-0.05, 0) is 25.5 Å². The van der Waals surface area contributed by atoms with Crippen molar-refractivity contribution in [1.82, 2.24) is 0 Å². The van der Waals surface area contributed by atoms with Crippen molar-refractivity contribution >= 4 is 17.3 Å². The van der Waals surface area contributed by atoms with Gasteiger partial charge in [-0.15, -0.1) is 11.3 Å². The van der Waals surface area contributed by atoms with Crippen molar-refractivity contribution in [2.45, 2.75) is 20.8 Å².